The van der Waals surface area contributed by atoms with Gasteiger partial charge in [-0.05, 0) is 26.3 Å². The van der Waals surface area contributed by atoms with Crippen LogP contribution in [-0.4, -0.2) is 23.2 Å². The molecule has 102 valence electrons. The molecule has 2 atom stereocenters. The topological polar surface area (TPSA) is 57.9 Å². The zero-order valence-corrected chi connectivity index (χ0v) is 11.7. The first-order valence-corrected chi connectivity index (χ1v) is 6.82. The molecule has 2 aromatic rings. The number of hydrogen-bond acceptors (Lipinski definition) is 4. The third-order valence-corrected chi connectivity index (χ3v) is 4.19. The fourth-order valence-corrected chi connectivity index (χ4v) is 2.65. The van der Waals surface area contributed by atoms with E-state index in [0.717, 1.165) is 29.6 Å². The third-order valence-electron chi connectivity index (χ3n) is 4.19. The van der Waals surface area contributed by atoms with Gasteiger partial charge in [0.25, 0.3) is 0 Å². The second-order valence-corrected chi connectivity index (χ2v) is 5.48. The van der Waals surface area contributed by atoms with Crippen LogP contribution in [0.2, 0.25) is 0 Å². The van der Waals surface area contributed by atoms with E-state index in [0.29, 0.717) is 5.56 Å². The minimum absolute atomic E-state index is 0.112. The van der Waals surface area contributed by atoms with E-state index in [-0.39, 0.29) is 11.6 Å². The number of para-hydroxylation sites is 1. The minimum Gasteiger partial charge on any atom is -0.376 e. The zero-order chi connectivity index (χ0) is 14.2. The summed E-state index contributed by atoms with van der Waals surface area (Å²) in [5, 5.41) is 13.9. The second-order valence-electron chi connectivity index (χ2n) is 5.48. The smallest absolute Gasteiger partial charge is 0.103 e. The standard InChI is InChI=1S/C16H17N3O/c1-11-16(2,7-8-20-11)19-15-12(9-17)10-18-14-6-4-3-5-13(14)15/h3-6,10-11H,7-8H2,1-2H3,(H,18,19). The Bertz CT molecular complexity index is 692. The van der Waals surface area contributed by atoms with Crippen molar-refractivity contribution in [3.8, 4) is 6.07 Å². The van der Waals surface area contributed by atoms with Crippen molar-refractivity contribution in [1.29, 1.82) is 5.26 Å². The van der Waals surface area contributed by atoms with E-state index in [4.69, 9.17) is 4.74 Å². The molecule has 4 nitrogen and oxygen atoms in total. The molecule has 2 heterocycles. The van der Waals surface area contributed by atoms with Gasteiger partial charge in [0.15, 0.2) is 0 Å². The first kappa shape index (κ1) is 12.9. The van der Waals surface area contributed by atoms with Crippen LogP contribution in [0.1, 0.15) is 25.8 Å². The lowest BCUT2D eigenvalue weighted by Crippen LogP contribution is -2.41. The summed E-state index contributed by atoms with van der Waals surface area (Å²) in [6, 6.07) is 10.1. The predicted molar refractivity (Wildman–Crippen MR) is 78.5 cm³/mol. The van der Waals surface area contributed by atoms with E-state index in [1.807, 2.05) is 24.3 Å². The van der Waals surface area contributed by atoms with Gasteiger partial charge in [0.2, 0.25) is 0 Å². The molecule has 1 aliphatic rings. The fraction of sp³-hybridized carbons (Fsp3) is 0.375. The summed E-state index contributed by atoms with van der Waals surface area (Å²) in [6.45, 7) is 4.95. The Labute approximate surface area is 118 Å². The quantitative estimate of drug-likeness (QED) is 0.908. The van der Waals surface area contributed by atoms with Gasteiger partial charge in [-0.1, -0.05) is 18.2 Å². The monoisotopic (exact) mass is 267 g/mol. The van der Waals surface area contributed by atoms with Crippen LogP contribution in [-0.2, 0) is 4.74 Å². The van der Waals surface area contributed by atoms with E-state index in [1.54, 1.807) is 6.20 Å². The maximum Gasteiger partial charge on any atom is 0.103 e. The lowest BCUT2D eigenvalue weighted by Gasteiger charge is -2.31. The average molecular weight is 267 g/mol. The molecule has 1 aliphatic heterocycles. The first-order valence-electron chi connectivity index (χ1n) is 6.82. The fourth-order valence-electron chi connectivity index (χ4n) is 2.65. The number of anilines is 1. The van der Waals surface area contributed by atoms with Crippen LogP contribution in [0.15, 0.2) is 30.5 Å². The molecule has 1 N–H and O–H groups in total. The Morgan fingerprint density at radius 2 is 2.25 bits per heavy atom. The Kier molecular flexibility index (Phi) is 3.07. The van der Waals surface area contributed by atoms with Crippen molar-refractivity contribution >= 4 is 16.6 Å². The SMILES string of the molecule is CC1OCCC1(C)Nc1c(C#N)cnc2ccccc12. The molecular formula is C16H17N3O. The predicted octanol–water partition coefficient (Wildman–Crippen LogP) is 3.09. The van der Waals surface area contributed by atoms with Gasteiger partial charge in [0.05, 0.1) is 28.4 Å². The van der Waals surface area contributed by atoms with Crippen molar-refractivity contribution in [3.63, 3.8) is 0 Å². The van der Waals surface area contributed by atoms with Crippen molar-refractivity contribution in [2.24, 2.45) is 0 Å². The van der Waals surface area contributed by atoms with E-state index >= 15 is 0 Å². The Hall–Kier alpha value is -2.12. The van der Waals surface area contributed by atoms with Crippen molar-refractivity contribution in [3.05, 3.63) is 36.0 Å². The highest BCUT2D eigenvalue weighted by Crippen LogP contribution is 2.34. The van der Waals surface area contributed by atoms with E-state index in [2.05, 4.69) is 30.2 Å². The molecule has 4 heteroatoms. The summed E-state index contributed by atoms with van der Waals surface area (Å²) >= 11 is 0. The molecule has 0 bridgehead atoms. The van der Waals surface area contributed by atoms with Gasteiger partial charge in [-0.25, -0.2) is 0 Å². The summed E-state index contributed by atoms with van der Waals surface area (Å²) in [5.74, 6) is 0. The maximum absolute atomic E-state index is 9.34. The molecule has 1 saturated heterocycles. The van der Waals surface area contributed by atoms with Crippen LogP contribution < -0.4 is 5.32 Å². The van der Waals surface area contributed by atoms with Crippen LogP contribution in [0.25, 0.3) is 10.9 Å². The summed E-state index contributed by atoms with van der Waals surface area (Å²) < 4.78 is 5.67. The van der Waals surface area contributed by atoms with Crippen molar-refractivity contribution < 1.29 is 4.74 Å². The van der Waals surface area contributed by atoms with Gasteiger partial charge < -0.3 is 10.1 Å². The van der Waals surface area contributed by atoms with Crippen LogP contribution in [0.3, 0.4) is 0 Å². The van der Waals surface area contributed by atoms with Crippen LogP contribution in [0.5, 0.6) is 0 Å². The van der Waals surface area contributed by atoms with Gasteiger partial charge >= 0.3 is 0 Å². The first-order chi connectivity index (χ1) is 9.64. The highest BCUT2D eigenvalue weighted by atomic mass is 16.5. The van der Waals surface area contributed by atoms with E-state index < -0.39 is 0 Å². The summed E-state index contributed by atoms with van der Waals surface area (Å²) in [6.07, 6.45) is 2.67. The molecule has 0 radical (unpaired) electrons. The second kappa shape index (κ2) is 4.77. The molecule has 0 aliphatic carbocycles. The molecular weight excluding hydrogens is 250 g/mol. The highest BCUT2D eigenvalue weighted by molar-refractivity contribution is 5.94. The van der Waals surface area contributed by atoms with Crippen LogP contribution in [0, 0.1) is 11.3 Å². The number of nitriles is 1. The largest absolute Gasteiger partial charge is 0.376 e. The summed E-state index contributed by atoms with van der Waals surface area (Å²) in [7, 11) is 0. The molecule has 1 fully saturated rings. The van der Waals surface area contributed by atoms with Gasteiger partial charge in [-0.15, -0.1) is 0 Å². The number of ether oxygens (including phenoxy) is 1. The molecule has 1 aromatic carbocycles. The van der Waals surface area contributed by atoms with Crippen molar-refractivity contribution in [1.82, 2.24) is 4.98 Å². The van der Waals surface area contributed by atoms with Crippen LogP contribution >= 0.6 is 0 Å². The molecule has 0 spiro atoms. The lowest BCUT2D eigenvalue weighted by molar-refractivity contribution is 0.105. The zero-order valence-electron chi connectivity index (χ0n) is 11.7. The number of hydrogen-bond donors (Lipinski definition) is 1. The van der Waals surface area contributed by atoms with E-state index in [1.165, 1.54) is 0 Å². The molecule has 0 saturated carbocycles. The molecule has 0 amide bonds. The Balaban J connectivity index is 2.12. The molecule has 20 heavy (non-hydrogen) atoms. The van der Waals surface area contributed by atoms with Gasteiger partial charge in [0.1, 0.15) is 6.07 Å². The Morgan fingerprint density at radius 3 is 2.95 bits per heavy atom. The number of fused-ring (bicyclic) bond motifs is 1. The summed E-state index contributed by atoms with van der Waals surface area (Å²) in [4.78, 5) is 4.34. The minimum atomic E-state index is -0.157. The van der Waals surface area contributed by atoms with Gasteiger partial charge in [-0.2, -0.15) is 5.26 Å². The number of nitrogens with zero attached hydrogens (tertiary/aromatic N) is 2. The lowest BCUT2D eigenvalue weighted by atomic mass is 9.93. The maximum atomic E-state index is 9.34. The molecule has 1 aromatic heterocycles. The molecule has 3 rings (SSSR count). The van der Waals surface area contributed by atoms with Crippen molar-refractivity contribution in [2.75, 3.05) is 11.9 Å². The van der Waals surface area contributed by atoms with E-state index in [9.17, 15) is 5.26 Å². The summed E-state index contributed by atoms with van der Waals surface area (Å²) in [5.41, 5.74) is 2.17. The Morgan fingerprint density at radius 1 is 1.45 bits per heavy atom. The van der Waals surface area contributed by atoms with Crippen molar-refractivity contribution in [2.45, 2.75) is 31.9 Å². The third kappa shape index (κ3) is 2.00. The van der Waals surface area contributed by atoms with Crippen LogP contribution in [0.4, 0.5) is 5.69 Å². The van der Waals surface area contributed by atoms with Gasteiger partial charge in [0, 0.05) is 18.2 Å². The molecule has 2 unspecified atom stereocenters. The highest BCUT2D eigenvalue weighted by Gasteiger charge is 2.37. The average Bonchev–Trinajstić information content (AvgIpc) is 2.79. The number of nitrogens with one attached hydrogen (secondary N) is 1. The van der Waals surface area contributed by atoms with Gasteiger partial charge in [-0.3, -0.25) is 4.98 Å². The number of pyridine rings is 1. The normalized spacial score (nSPS) is 25.6. The number of rotatable bonds is 2. The number of aromatic nitrogens is 1. The number of benzene rings is 1.